The highest BCUT2D eigenvalue weighted by atomic mass is 35.5. The number of aliphatic hydroxyl groups excluding tert-OH is 1. The highest BCUT2D eigenvalue weighted by molar-refractivity contribution is 5.85. The zero-order valence-corrected chi connectivity index (χ0v) is 14.0. The monoisotopic (exact) mass is 339 g/mol. The summed E-state index contributed by atoms with van der Waals surface area (Å²) in [7, 11) is 0. The maximum absolute atomic E-state index is 12.3. The summed E-state index contributed by atoms with van der Waals surface area (Å²) >= 11 is 0. The fourth-order valence-corrected chi connectivity index (χ4v) is 3.70. The van der Waals surface area contributed by atoms with Crippen LogP contribution in [0.25, 0.3) is 0 Å². The quantitative estimate of drug-likeness (QED) is 0.775. The van der Waals surface area contributed by atoms with Gasteiger partial charge < -0.3 is 15.3 Å². The van der Waals surface area contributed by atoms with Crippen molar-refractivity contribution in [3.8, 4) is 0 Å². The third-order valence-electron chi connectivity index (χ3n) is 4.87. The Kier molecular flexibility index (Phi) is 7.71. The summed E-state index contributed by atoms with van der Waals surface area (Å²) in [5, 5.41) is 12.6. The van der Waals surface area contributed by atoms with Crippen molar-refractivity contribution in [2.45, 2.75) is 50.3 Å². The number of hydrogen-bond acceptors (Lipinski definition) is 4. The van der Waals surface area contributed by atoms with Crippen molar-refractivity contribution in [3.63, 3.8) is 0 Å². The Hall–Kier alpha value is -0.0700. The molecule has 2 aliphatic heterocycles. The SMILES string of the molecule is Cl.Cl.O=C(C1CC(O)CN1)N1CCN(C2CCCC2)CC1. The molecule has 3 aliphatic rings. The van der Waals surface area contributed by atoms with E-state index in [1.54, 1.807) is 0 Å². The van der Waals surface area contributed by atoms with Crippen LogP contribution < -0.4 is 5.32 Å². The fourth-order valence-electron chi connectivity index (χ4n) is 3.70. The molecule has 0 bridgehead atoms. The van der Waals surface area contributed by atoms with E-state index in [1.807, 2.05) is 4.90 Å². The minimum atomic E-state index is -0.353. The van der Waals surface area contributed by atoms with E-state index in [-0.39, 0.29) is 42.9 Å². The van der Waals surface area contributed by atoms with Crippen LogP contribution in [-0.2, 0) is 4.79 Å². The van der Waals surface area contributed by atoms with Crippen LogP contribution in [0, 0.1) is 0 Å². The lowest BCUT2D eigenvalue weighted by Crippen LogP contribution is -2.54. The highest BCUT2D eigenvalue weighted by Gasteiger charge is 2.34. The lowest BCUT2D eigenvalue weighted by atomic mass is 10.1. The van der Waals surface area contributed by atoms with Crippen LogP contribution in [0.4, 0.5) is 0 Å². The normalized spacial score (nSPS) is 30.8. The van der Waals surface area contributed by atoms with Gasteiger partial charge in [-0.15, -0.1) is 24.8 Å². The standard InChI is InChI=1S/C14H25N3O2.2ClH/c18-12-9-13(15-10-12)14(19)17-7-5-16(6-8-17)11-3-1-2-4-11;;/h11-13,15,18H,1-10H2;2*1H. The van der Waals surface area contributed by atoms with Crippen LogP contribution in [0.3, 0.4) is 0 Å². The van der Waals surface area contributed by atoms with Gasteiger partial charge in [0, 0.05) is 38.8 Å². The molecular formula is C14H27Cl2N3O2. The molecule has 0 radical (unpaired) electrons. The molecule has 0 spiro atoms. The van der Waals surface area contributed by atoms with Crippen molar-refractivity contribution in [1.82, 2.24) is 15.1 Å². The molecule has 1 saturated carbocycles. The summed E-state index contributed by atoms with van der Waals surface area (Å²) < 4.78 is 0. The van der Waals surface area contributed by atoms with Gasteiger partial charge in [-0.05, 0) is 19.3 Å². The number of amides is 1. The largest absolute Gasteiger partial charge is 0.392 e. The van der Waals surface area contributed by atoms with Gasteiger partial charge in [0.05, 0.1) is 12.1 Å². The van der Waals surface area contributed by atoms with E-state index in [4.69, 9.17) is 0 Å². The first-order valence-electron chi connectivity index (χ1n) is 7.68. The lowest BCUT2D eigenvalue weighted by molar-refractivity contribution is -0.135. The van der Waals surface area contributed by atoms with Crippen molar-refractivity contribution in [3.05, 3.63) is 0 Å². The van der Waals surface area contributed by atoms with Crippen molar-refractivity contribution in [2.75, 3.05) is 32.7 Å². The Labute approximate surface area is 139 Å². The molecule has 0 aromatic carbocycles. The van der Waals surface area contributed by atoms with E-state index in [0.29, 0.717) is 13.0 Å². The van der Waals surface area contributed by atoms with Gasteiger partial charge in [-0.1, -0.05) is 12.8 Å². The molecule has 1 amide bonds. The Balaban J connectivity index is 0.00000110. The summed E-state index contributed by atoms with van der Waals surface area (Å²) in [4.78, 5) is 16.8. The molecule has 21 heavy (non-hydrogen) atoms. The third kappa shape index (κ3) is 4.45. The summed E-state index contributed by atoms with van der Waals surface area (Å²) in [5.74, 6) is 0.183. The van der Waals surface area contributed by atoms with Crippen molar-refractivity contribution in [2.24, 2.45) is 0 Å². The Morgan fingerprint density at radius 3 is 2.19 bits per heavy atom. The Bertz CT molecular complexity index is 332. The second-order valence-electron chi connectivity index (χ2n) is 6.15. The smallest absolute Gasteiger partial charge is 0.239 e. The fraction of sp³-hybridized carbons (Fsp3) is 0.929. The maximum atomic E-state index is 12.3. The average Bonchev–Trinajstić information content (AvgIpc) is 3.09. The predicted molar refractivity (Wildman–Crippen MR) is 87.3 cm³/mol. The van der Waals surface area contributed by atoms with Crippen LogP contribution in [0.5, 0.6) is 0 Å². The Morgan fingerprint density at radius 2 is 1.67 bits per heavy atom. The summed E-state index contributed by atoms with van der Waals surface area (Å²) in [5.41, 5.74) is 0. The molecule has 2 N–H and O–H groups in total. The third-order valence-corrected chi connectivity index (χ3v) is 4.87. The molecule has 2 atom stereocenters. The number of hydrogen-bond donors (Lipinski definition) is 2. The summed E-state index contributed by atoms with van der Waals surface area (Å²) in [6, 6.07) is 0.608. The highest BCUT2D eigenvalue weighted by Crippen LogP contribution is 2.24. The van der Waals surface area contributed by atoms with E-state index in [9.17, 15) is 9.90 Å². The van der Waals surface area contributed by atoms with Crippen molar-refractivity contribution >= 4 is 30.7 Å². The van der Waals surface area contributed by atoms with Gasteiger partial charge in [0.1, 0.15) is 0 Å². The number of carbonyl (C=O) groups excluding carboxylic acids is 1. The van der Waals surface area contributed by atoms with E-state index in [2.05, 4.69) is 10.2 Å². The van der Waals surface area contributed by atoms with E-state index >= 15 is 0 Å². The van der Waals surface area contributed by atoms with Gasteiger partial charge in [0.15, 0.2) is 0 Å². The molecule has 2 unspecified atom stereocenters. The summed E-state index contributed by atoms with van der Waals surface area (Å²) in [6.45, 7) is 4.29. The Morgan fingerprint density at radius 1 is 1.05 bits per heavy atom. The number of piperazine rings is 1. The second kappa shape index (κ2) is 8.53. The molecule has 124 valence electrons. The topological polar surface area (TPSA) is 55.8 Å². The van der Waals surface area contributed by atoms with E-state index in [0.717, 1.165) is 32.2 Å². The van der Waals surface area contributed by atoms with Crippen LogP contribution in [-0.4, -0.2) is 71.7 Å². The van der Waals surface area contributed by atoms with Gasteiger partial charge in [-0.25, -0.2) is 0 Å². The van der Waals surface area contributed by atoms with Gasteiger partial charge >= 0.3 is 0 Å². The molecule has 2 heterocycles. The minimum absolute atomic E-state index is 0. The van der Waals surface area contributed by atoms with E-state index < -0.39 is 0 Å². The van der Waals surface area contributed by atoms with Gasteiger partial charge in [0.2, 0.25) is 5.91 Å². The van der Waals surface area contributed by atoms with E-state index in [1.165, 1.54) is 25.7 Å². The van der Waals surface area contributed by atoms with Gasteiger partial charge in [-0.3, -0.25) is 9.69 Å². The van der Waals surface area contributed by atoms with Crippen molar-refractivity contribution in [1.29, 1.82) is 0 Å². The average molecular weight is 340 g/mol. The number of nitrogens with zero attached hydrogens (tertiary/aromatic N) is 2. The predicted octanol–water partition coefficient (Wildman–Crippen LogP) is 0.640. The number of nitrogens with one attached hydrogen (secondary N) is 1. The van der Waals surface area contributed by atoms with Crippen LogP contribution in [0.15, 0.2) is 0 Å². The first-order chi connectivity index (χ1) is 9.24. The molecule has 3 rings (SSSR count). The number of carbonyl (C=O) groups is 1. The molecule has 1 aliphatic carbocycles. The molecule has 7 heteroatoms. The first-order valence-corrected chi connectivity index (χ1v) is 7.68. The first kappa shape index (κ1) is 19.0. The maximum Gasteiger partial charge on any atom is 0.239 e. The zero-order valence-electron chi connectivity index (χ0n) is 12.4. The number of rotatable bonds is 2. The van der Waals surface area contributed by atoms with Crippen LogP contribution >= 0.6 is 24.8 Å². The number of β-amino-alcohol motifs (C(OH)–C–C–N with tert-alkyl or cyclic N) is 1. The second-order valence-corrected chi connectivity index (χ2v) is 6.15. The lowest BCUT2D eigenvalue weighted by Gasteiger charge is -2.38. The van der Waals surface area contributed by atoms with Crippen LogP contribution in [0.2, 0.25) is 0 Å². The van der Waals surface area contributed by atoms with Gasteiger partial charge in [0.25, 0.3) is 0 Å². The molecule has 5 nitrogen and oxygen atoms in total. The zero-order chi connectivity index (χ0) is 13.2. The van der Waals surface area contributed by atoms with Gasteiger partial charge in [-0.2, -0.15) is 0 Å². The minimum Gasteiger partial charge on any atom is -0.392 e. The molecule has 0 aromatic heterocycles. The molecular weight excluding hydrogens is 313 g/mol. The molecule has 3 fully saturated rings. The van der Waals surface area contributed by atoms with Crippen LogP contribution in [0.1, 0.15) is 32.1 Å². The molecule has 0 aromatic rings. The number of halogens is 2. The molecule has 2 saturated heterocycles. The summed E-state index contributed by atoms with van der Waals surface area (Å²) in [6.07, 6.45) is 5.63. The van der Waals surface area contributed by atoms with Crippen molar-refractivity contribution < 1.29 is 9.90 Å². The number of aliphatic hydroxyl groups is 1.